The van der Waals surface area contributed by atoms with Crippen LogP contribution in [0.4, 0.5) is 10.3 Å². The summed E-state index contributed by atoms with van der Waals surface area (Å²) in [5, 5.41) is 0. The minimum absolute atomic E-state index is 0.0487. The molecule has 6 heteroatoms. The highest BCUT2D eigenvalue weighted by molar-refractivity contribution is 5.31. The van der Waals surface area contributed by atoms with Gasteiger partial charge in [-0.2, -0.15) is 4.98 Å². The second-order valence-corrected chi connectivity index (χ2v) is 3.36. The minimum Gasteiger partial charge on any atom is -0.368 e. The number of aromatic nitrogens is 4. The minimum atomic E-state index is -0.510. The first-order valence-corrected chi connectivity index (χ1v) is 5.03. The molecule has 2 rings (SSSR count). The normalized spacial score (nSPS) is 10.6. The molecule has 2 N–H and O–H groups in total. The van der Waals surface area contributed by atoms with Gasteiger partial charge in [-0.15, -0.1) is 0 Å². The number of hydrogen-bond donors (Lipinski definition) is 1. The molecule has 2 heterocycles. The van der Waals surface area contributed by atoms with Gasteiger partial charge in [0.25, 0.3) is 0 Å². The van der Waals surface area contributed by atoms with Crippen molar-refractivity contribution in [2.45, 2.75) is 19.8 Å². The molecular weight excluding hydrogens is 209 g/mol. The van der Waals surface area contributed by atoms with Crippen LogP contribution in [0.5, 0.6) is 0 Å². The van der Waals surface area contributed by atoms with Crippen molar-refractivity contribution < 1.29 is 4.39 Å². The number of nitrogens with two attached hydrogens (primary N) is 1. The first-order valence-electron chi connectivity index (χ1n) is 5.03. The van der Waals surface area contributed by atoms with Gasteiger partial charge in [-0.3, -0.25) is 4.57 Å². The Kier molecular flexibility index (Phi) is 2.80. The summed E-state index contributed by atoms with van der Waals surface area (Å²) in [6, 6.07) is 0. The average Bonchev–Trinajstić information content (AvgIpc) is 2.70. The van der Waals surface area contributed by atoms with E-state index in [-0.39, 0.29) is 11.8 Å². The van der Waals surface area contributed by atoms with Gasteiger partial charge < -0.3 is 5.73 Å². The molecule has 0 aliphatic rings. The monoisotopic (exact) mass is 221 g/mol. The zero-order valence-corrected chi connectivity index (χ0v) is 8.89. The Bertz CT molecular complexity index is 494. The van der Waals surface area contributed by atoms with E-state index in [1.54, 1.807) is 17.0 Å². The largest absolute Gasteiger partial charge is 0.368 e. The first-order chi connectivity index (χ1) is 7.72. The molecule has 0 amide bonds. The molecule has 0 unspecified atom stereocenters. The molecule has 84 valence electrons. The maximum atomic E-state index is 13.5. The number of anilines is 1. The van der Waals surface area contributed by atoms with Crippen molar-refractivity contribution in [1.29, 1.82) is 0 Å². The molecule has 0 radical (unpaired) electrons. The van der Waals surface area contributed by atoms with Gasteiger partial charge in [-0.05, 0) is 6.42 Å². The lowest BCUT2D eigenvalue weighted by atomic mass is 10.3. The Morgan fingerprint density at radius 2 is 2.25 bits per heavy atom. The second kappa shape index (κ2) is 4.26. The number of aryl methyl sites for hydroxylation is 1. The second-order valence-electron chi connectivity index (χ2n) is 3.36. The zero-order chi connectivity index (χ0) is 11.5. The Morgan fingerprint density at radius 3 is 3.00 bits per heavy atom. The van der Waals surface area contributed by atoms with Crippen molar-refractivity contribution in [1.82, 2.24) is 19.5 Å². The van der Waals surface area contributed by atoms with Gasteiger partial charge in [0.1, 0.15) is 5.82 Å². The van der Waals surface area contributed by atoms with E-state index in [2.05, 4.69) is 15.0 Å². The molecule has 0 aliphatic heterocycles. The van der Waals surface area contributed by atoms with Crippen molar-refractivity contribution in [2.75, 3.05) is 5.73 Å². The highest BCUT2D eigenvalue weighted by atomic mass is 19.1. The van der Waals surface area contributed by atoms with Crippen molar-refractivity contribution >= 4 is 5.95 Å². The van der Waals surface area contributed by atoms with Gasteiger partial charge in [-0.1, -0.05) is 6.92 Å². The molecule has 2 aromatic heterocycles. The van der Waals surface area contributed by atoms with E-state index in [0.717, 1.165) is 24.9 Å². The first kappa shape index (κ1) is 10.5. The summed E-state index contributed by atoms with van der Waals surface area (Å²) in [5.74, 6) is 0.449. The number of halogens is 1. The van der Waals surface area contributed by atoms with E-state index in [4.69, 9.17) is 5.73 Å². The summed E-state index contributed by atoms with van der Waals surface area (Å²) in [6.45, 7) is 2.03. The molecule has 0 atom stereocenters. The van der Waals surface area contributed by atoms with Crippen LogP contribution in [0.3, 0.4) is 0 Å². The molecule has 0 aromatic carbocycles. The summed E-state index contributed by atoms with van der Waals surface area (Å²) in [4.78, 5) is 11.6. The molecule has 0 saturated heterocycles. The lowest BCUT2D eigenvalue weighted by Gasteiger charge is -2.07. The van der Waals surface area contributed by atoms with Gasteiger partial charge in [0, 0.05) is 18.8 Å². The van der Waals surface area contributed by atoms with Gasteiger partial charge in [0.05, 0.1) is 6.20 Å². The van der Waals surface area contributed by atoms with Crippen LogP contribution in [0.1, 0.15) is 19.2 Å². The Morgan fingerprint density at radius 1 is 1.44 bits per heavy atom. The van der Waals surface area contributed by atoms with Crippen molar-refractivity contribution in [3.8, 4) is 5.82 Å². The predicted octanol–water partition coefficient (Wildman–Crippen LogP) is 1.34. The fraction of sp³-hybridized carbons (Fsp3) is 0.300. The molecule has 0 spiro atoms. The van der Waals surface area contributed by atoms with Crippen LogP contribution in [0, 0.1) is 5.82 Å². The Balaban J connectivity index is 2.49. The summed E-state index contributed by atoms with van der Waals surface area (Å²) in [7, 11) is 0. The van der Waals surface area contributed by atoms with Crippen LogP contribution < -0.4 is 5.73 Å². The third kappa shape index (κ3) is 1.86. The van der Waals surface area contributed by atoms with Crippen molar-refractivity contribution in [2.24, 2.45) is 0 Å². The third-order valence-corrected chi connectivity index (χ3v) is 2.16. The van der Waals surface area contributed by atoms with Crippen LogP contribution in [0.15, 0.2) is 18.6 Å². The Hall–Kier alpha value is -1.98. The van der Waals surface area contributed by atoms with E-state index in [9.17, 15) is 4.39 Å². The fourth-order valence-electron chi connectivity index (χ4n) is 1.48. The SMILES string of the molecule is CCCc1nccn1-c1nc(N)ncc1F. The quantitative estimate of drug-likeness (QED) is 0.849. The summed E-state index contributed by atoms with van der Waals surface area (Å²) in [5.41, 5.74) is 5.43. The van der Waals surface area contributed by atoms with Crippen LogP contribution in [0.25, 0.3) is 5.82 Å². The standard InChI is InChI=1S/C10H12FN5/c1-2-3-8-13-4-5-16(8)9-7(11)6-14-10(12)15-9/h4-6H,2-3H2,1H3,(H2,12,14,15). The smallest absolute Gasteiger partial charge is 0.222 e. The zero-order valence-electron chi connectivity index (χ0n) is 8.89. The molecule has 5 nitrogen and oxygen atoms in total. The van der Waals surface area contributed by atoms with Crippen LogP contribution in [-0.2, 0) is 6.42 Å². The van der Waals surface area contributed by atoms with Crippen LogP contribution >= 0.6 is 0 Å². The molecule has 0 aliphatic carbocycles. The van der Waals surface area contributed by atoms with E-state index in [1.165, 1.54) is 0 Å². The van der Waals surface area contributed by atoms with Gasteiger partial charge in [-0.25, -0.2) is 14.4 Å². The summed E-state index contributed by atoms with van der Waals surface area (Å²) in [6.07, 6.45) is 6.03. The maximum absolute atomic E-state index is 13.5. The third-order valence-electron chi connectivity index (χ3n) is 2.16. The summed E-state index contributed by atoms with van der Waals surface area (Å²) >= 11 is 0. The van der Waals surface area contributed by atoms with Crippen molar-refractivity contribution in [3.05, 3.63) is 30.2 Å². The predicted molar refractivity (Wildman–Crippen MR) is 57.5 cm³/mol. The van der Waals surface area contributed by atoms with E-state index in [0.29, 0.717) is 0 Å². The molecule has 2 aromatic rings. The lowest BCUT2D eigenvalue weighted by Crippen LogP contribution is -2.08. The number of rotatable bonds is 3. The maximum Gasteiger partial charge on any atom is 0.222 e. The number of hydrogen-bond acceptors (Lipinski definition) is 4. The fourth-order valence-corrected chi connectivity index (χ4v) is 1.48. The molecule has 0 saturated carbocycles. The van der Waals surface area contributed by atoms with E-state index >= 15 is 0 Å². The molecular formula is C10H12FN5. The Labute approximate surface area is 92.2 Å². The van der Waals surface area contributed by atoms with Crippen LogP contribution in [-0.4, -0.2) is 19.5 Å². The number of nitrogens with zero attached hydrogens (tertiary/aromatic N) is 4. The summed E-state index contributed by atoms with van der Waals surface area (Å²) < 4.78 is 15.1. The average molecular weight is 221 g/mol. The van der Waals surface area contributed by atoms with Gasteiger partial charge in [0.15, 0.2) is 11.6 Å². The van der Waals surface area contributed by atoms with E-state index in [1.807, 2.05) is 6.92 Å². The topological polar surface area (TPSA) is 69.6 Å². The highest BCUT2D eigenvalue weighted by Gasteiger charge is 2.11. The van der Waals surface area contributed by atoms with Gasteiger partial charge in [0.2, 0.25) is 5.95 Å². The molecule has 0 fully saturated rings. The molecule has 0 bridgehead atoms. The van der Waals surface area contributed by atoms with Crippen LogP contribution in [0.2, 0.25) is 0 Å². The van der Waals surface area contributed by atoms with Crippen molar-refractivity contribution in [3.63, 3.8) is 0 Å². The van der Waals surface area contributed by atoms with Gasteiger partial charge >= 0.3 is 0 Å². The van der Waals surface area contributed by atoms with E-state index < -0.39 is 5.82 Å². The molecule has 16 heavy (non-hydrogen) atoms. The highest BCUT2D eigenvalue weighted by Crippen LogP contribution is 2.13. The number of imidazole rings is 1. The number of nitrogen functional groups attached to an aromatic ring is 1. The lowest BCUT2D eigenvalue weighted by molar-refractivity contribution is 0.598.